The Morgan fingerprint density at radius 3 is 2.29 bits per heavy atom. The zero-order valence-corrected chi connectivity index (χ0v) is 11.8. The van der Waals surface area contributed by atoms with E-state index in [-0.39, 0.29) is 30.0 Å². The van der Waals surface area contributed by atoms with Gasteiger partial charge in [0.1, 0.15) is 6.10 Å². The summed E-state index contributed by atoms with van der Waals surface area (Å²) in [5.41, 5.74) is 0.0828. The molecule has 0 unspecified atom stereocenters. The second-order valence-corrected chi connectivity index (χ2v) is 4.92. The second-order valence-electron chi connectivity index (χ2n) is 4.92. The molecule has 21 heavy (non-hydrogen) atoms. The number of non-ortho nitro benzene ring substituents is 1. The molecular formula is C14H17NO6. The number of carboxylic acids is 1. The molecule has 1 atom stereocenters. The summed E-state index contributed by atoms with van der Waals surface area (Å²) < 4.78 is 5.28. The van der Waals surface area contributed by atoms with E-state index in [1.54, 1.807) is 0 Å². The largest absolute Gasteiger partial charge is 0.481 e. The van der Waals surface area contributed by atoms with Gasteiger partial charge in [0.15, 0.2) is 0 Å². The van der Waals surface area contributed by atoms with Gasteiger partial charge in [-0.2, -0.15) is 0 Å². The Balaban J connectivity index is 2.72. The van der Waals surface area contributed by atoms with E-state index < -0.39 is 23.0 Å². The molecule has 0 fully saturated rings. The highest BCUT2D eigenvalue weighted by Gasteiger charge is 2.21. The van der Waals surface area contributed by atoms with Crippen molar-refractivity contribution in [2.45, 2.75) is 32.8 Å². The Morgan fingerprint density at radius 2 is 1.86 bits per heavy atom. The predicted molar refractivity (Wildman–Crippen MR) is 74.0 cm³/mol. The molecular weight excluding hydrogens is 278 g/mol. The Morgan fingerprint density at radius 1 is 1.29 bits per heavy atom. The molecule has 1 aromatic carbocycles. The van der Waals surface area contributed by atoms with Crippen LogP contribution in [-0.4, -0.2) is 28.1 Å². The van der Waals surface area contributed by atoms with E-state index in [1.807, 2.05) is 13.8 Å². The molecule has 0 bridgehead atoms. The Labute approximate surface area is 121 Å². The van der Waals surface area contributed by atoms with Gasteiger partial charge in [0.25, 0.3) is 5.69 Å². The summed E-state index contributed by atoms with van der Waals surface area (Å²) in [5.74, 6) is -1.59. The molecule has 114 valence electrons. The zero-order valence-electron chi connectivity index (χ0n) is 11.8. The van der Waals surface area contributed by atoms with Crippen LogP contribution in [0.4, 0.5) is 5.69 Å². The number of carbonyl (C=O) groups excluding carboxylic acids is 1. The van der Waals surface area contributed by atoms with Crippen molar-refractivity contribution in [2.24, 2.45) is 5.92 Å². The van der Waals surface area contributed by atoms with Crippen molar-refractivity contribution < 1.29 is 24.4 Å². The number of esters is 1. The third-order valence-electron chi connectivity index (χ3n) is 2.96. The van der Waals surface area contributed by atoms with E-state index in [1.165, 1.54) is 24.3 Å². The van der Waals surface area contributed by atoms with Crippen LogP contribution in [0.5, 0.6) is 0 Å². The number of carbonyl (C=O) groups is 2. The Hall–Kier alpha value is -2.44. The summed E-state index contributed by atoms with van der Waals surface area (Å²) in [6.07, 6.45) is -0.369. The van der Waals surface area contributed by atoms with E-state index >= 15 is 0 Å². The molecule has 0 aromatic heterocycles. The van der Waals surface area contributed by atoms with E-state index in [0.717, 1.165) is 0 Å². The summed E-state index contributed by atoms with van der Waals surface area (Å²) in [4.78, 5) is 32.5. The number of hydrogen-bond acceptors (Lipinski definition) is 5. The van der Waals surface area contributed by atoms with Crippen LogP contribution < -0.4 is 0 Å². The van der Waals surface area contributed by atoms with E-state index in [9.17, 15) is 19.7 Å². The minimum absolute atomic E-state index is 0.0219. The van der Waals surface area contributed by atoms with Crippen molar-refractivity contribution in [1.82, 2.24) is 0 Å². The van der Waals surface area contributed by atoms with Crippen LogP contribution in [0.15, 0.2) is 24.3 Å². The maximum Gasteiger partial charge on any atom is 0.338 e. The fraction of sp³-hybridized carbons (Fsp3) is 0.429. The minimum atomic E-state index is -0.952. The van der Waals surface area contributed by atoms with Gasteiger partial charge in [-0.1, -0.05) is 13.8 Å². The first-order valence-electron chi connectivity index (χ1n) is 6.48. The van der Waals surface area contributed by atoms with Crippen LogP contribution in [0.1, 0.15) is 37.0 Å². The van der Waals surface area contributed by atoms with Gasteiger partial charge in [0.2, 0.25) is 0 Å². The number of hydrogen-bond donors (Lipinski definition) is 1. The Bertz CT molecular complexity index is 523. The van der Waals surface area contributed by atoms with Crippen molar-refractivity contribution in [3.8, 4) is 0 Å². The number of nitro benzene ring substituents is 1. The summed E-state index contributed by atoms with van der Waals surface area (Å²) in [6.45, 7) is 3.66. The molecule has 0 saturated heterocycles. The van der Waals surface area contributed by atoms with Gasteiger partial charge in [-0.25, -0.2) is 4.79 Å². The maximum atomic E-state index is 11.9. The predicted octanol–water partition coefficient (Wildman–Crippen LogP) is 2.64. The molecule has 0 aliphatic heterocycles. The van der Waals surface area contributed by atoms with Gasteiger partial charge in [-0.15, -0.1) is 0 Å². The average molecular weight is 295 g/mol. The Kier molecular flexibility index (Phi) is 5.83. The molecule has 0 amide bonds. The second kappa shape index (κ2) is 7.37. The number of benzene rings is 1. The smallest absolute Gasteiger partial charge is 0.338 e. The van der Waals surface area contributed by atoms with E-state index in [2.05, 4.69) is 0 Å². The van der Waals surface area contributed by atoms with Crippen LogP contribution in [0.25, 0.3) is 0 Å². The van der Waals surface area contributed by atoms with Gasteiger partial charge in [0.05, 0.1) is 10.5 Å². The van der Waals surface area contributed by atoms with Crippen molar-refractivity contribution in [3.63, 3.8) is 0 Å². The lowest BCUT2D eigenvalue weighted by Crippen LogP contribution is -2.24. The highest BCUT2D eigenvalue weighted by molar-refractivity contribution is 5.89. The zero-order chi connectivity index (χ0) is 16.0. The van der Waals surface area contributed by atoms with Crippen LogP contribution in [0.2, 0.25) is 0 Å². The van der Waals surface area contributed by atoms with Gasteiger partial charge >= 0.3 is 11.9 Å². The maximum absolute atomic E-state index is 11.9. The van der Waals surface area contributed by atoms with Crippen molar-refractivity contribution in [2.75, 3.05) is 0 Å². The molecule has 0 radical (unpaired) electrons. The SMILES string of the molecule is CC(C)[C@H](CCC(=O)O)OC(=O)c1ccc([N+](=O)[O-])cc1. The fourth-order valence-corrected chi connectivity index (χ4v) is 1.72. The van der Waals surface area contributed by atoms with Crippen LogP contribution in [0, 0.1) is 16.0 Å². The number of nitrogens with zero attached hydrogens (tertiary/aromatic N) is 1. The lowest BCUT2D eigenvalue weighted by atomic mass is 10.0. The number of rotatable bonds is 7. The molecule has 0 saturated carbocycles. The molecule has 0 aliphatic carbocycles. The summed E-state index contributed by atoms with van der Waals surface area (Å²) in [6, 6.07) is 5.07. The van der Waals surface area contributed by atoms with Crippen molar-refractivity contribution in [3.05, 3.63) is 39.9 Å². The average Bonchev–Trinajstić information content (AvgIpc) is 2.42. The fourth-order valence-electron chi connectivity index (χ4n) is 1.72. The summed E-state index contributed by atoms with van der Waals surface area (Å²) in [5, 5.41) is 19.2. The van der Waals surface area contributed by atoms with Gasteiger partial charge in [-0.3, -0.25) is 14.9 Å². The molecule has 0 heterocycles. The minimum Gasteiger partial charge on any atom is -0.481 e. The highest BCUT2D eigenvalue weighted by Crippen LogP contribution is 2.17. The van der Waals surface area contributed by atoms with Crippen LogP contribution in [0.3, 0.4) is 0 Å². The number of nitro groups is 1. The quantitative estimate of drug-likeness (QED) is 0.470. The van der Waals surface area contributed by atoms with Crippen LogP contribution in [-0.2, 0) is 9.53 Å². The molecule has 1 N–H and O–H groups in total. The van der Waals surface area contributed by atoms with Crippen molar-refractivity contribution in [1.29, 1.82) is 0 Å². The lowest BCUT2D eigenvalue weighted by molar-refractivity contribution is -0.384. The van der Waals surface area contributed by atoms with Gasteiger partial charge in [0, 0.05) is 18.6 Å². The first-order valence-corrected chi connectivity index (χ1v) is 6.48. The van der Waals surface area contributed by atoms with E-state index in [4.69, 9.17) is 9.84 Å². The molecule has 1 rings (SSSR count). The van der Waals surface area contributed by atoms with Gasteiger partial charge < -0.3 is 9.84 Å². The third kappa shape index (κ3) is 5.21. The summed E-state index contributed by atoms with van der Waals surface area (Å²) >= 11 is 0. The normalized spacial score (nSPS) is 12.0. The van der Waals surface area contributed by atoms with Crippen LogP contribution >= 0.6 is 0 Å². The molecule has 0 aliphatic rings. The molecule has 1 aromatic rings. The first kappa shape index (κ1) is 16.6. The number of carboxylic acid groups (broad SMARTS) is 1. The van der Waals surface area contributed by atoms with Crippen molar-refractivity contribution >= 4 is 17.6 Å². The highest BCUT2D eigenvalue weighted by atomic mass is 16.6. The standard InChI is InChI=1S/C14H17NO6/c1-9(2)12(7-8-13(16)17)21-14(18)10-3-5-11(6-4-10)15(19)20/h3-6,9,12H,7-8H2,1-2H3,(H,16,17)/t12-/m0/s1. The first-order chi connectivity index (χ1) is 9.81. The van der Waals surface area contributed by atoms with E-state index in [0.29, 0.717) is 0 Å². The number of ether oxygens (including phenoxy) is 1. The monoisotopic (exact) mass is 295 g/mol. The molecule has 7 nitrogen and oxygen atoms in total. The number of aliphatic carboxylic acids is 1. The molecule has 7 heteroatoms. The summed E-state index contributed by atoms with van der Waals surface area (Å²) in [7, 11) is 0. The molecule has 0 spiro atoms. The topological polar surface area (TPSA) is 107 Å². The van der Waals surface area contributed by atoms with Gasteiger partial charge in [-0.05, 0) is 24.5 Å². The lowest BCUT2D eigenvalue weighted by Gasteiger charge is -2.20. The third-order valence-corrected chi connectivity index (χ3v) is 2.96.